The van der Waals surface area contributed by atoms with Crippen molar-refractivity contribution in [1.82, 2.24) is 9.97 Å². The highest BCUT2D eigenvalue weighted by Gasteiger charge is 2.13. The van der Waals surface area contributed by atoms with E-state index in [2.05, 4.69) is 20.2 Å². The number of nitrogens with one attached hydrogen (secondary N) is 1. The Labute approximate surface area is 168 Å². The second-order valence-corrected chi connectivity index (χ2v) is 6.84. The van der Waals surface area contributed by atoms with Crippen LogP contribution in [0.25, 0.3) is 11.3 Å². The molecule has 28 heavy (non-hydrogen) atoms. The molecule has 1 aliphatic heterocycles. The maximum atomic E-state index is 12.6. The number of rotatable bonds is 4. The largest absolute Gasteiger partial charge is 0.378 e. The van der Waals surface area contributed by atoms with E-state index in [-0.39, 0.29) is 5.91 Å². The number of hydrogen-bond donors (Lipinski definition) is 1. The van der Waals surface area contributed by atoms with Crippen LogP contribution in [-0.4, -0.2) is 42.2 Å². The van der Waals surface area contributed by atoms with E-state index in [0.717, 1.165) is 37.6 Å². The van der Waals surface area contributed by atoms with Crippen LogP contribution in [0.4, 0.5) is 11.4 Å². The molecular formula is C21H19ClN4O2. The fraction of sp³-hybridized carbons (Fsp3) is 0.190. The molecule has 0 spiro atoms. The number of benzene rings is 2. The quantitative estimate of drug-likeness (QED) is 0.727. The number of halogens is 1. The summed E-state index contributed by atoms with van der Waals surface area (Å²) in [6.07, 6.45) is 1.38. The number of ether oxygens (including phenoxy) is 1. The van der Waals surface area contributed by atoms with Gasteiger partial charge in [-0.25, -0.2) is 9.97 Å². The third-order valence-electron chi connectivity index (χ3n) is 4.52. The first kappa shape index (κ1) is 18.4. The Kier molecular flexibility index (Phi) is 5.50. The first-order valence-corrected chi connectivity index (χ1v) is 9.39. The van der Waals surface area contributed by atoms with Gasteiger partial charge in [0.1, 0.15) is 12.0 Å². The summed E-state index contributed by atoms with van der Waals surface area (Å²) in [6.45, 7) is 3.22. The van der Waals surface area contributed by atoms with E-state index in [1.165, 1.54) is 6.33 Å². The van der Waals surface area contributed by atoms with Gasteiger partial charge in [0, 0.05) is 35.1 Å². The normalized spacial score (nSPS) is 14.0. The highest BCUT2D eigenvalue weighted by atomic mass is 35.5. The van der Waals surface area contributed by atoms with E-state index < -0.39 is 0 Å². The smallest absolute Gasteiger partial charge is 0.274 e. The molecule has 1 aromatic heterocycles. The van der Waals surface area contributed by atoms with Crippen molar-refractivity contribution in [1.29, 1.82) is 0 Å². The average Bonchev–Trinajstić information content (AvgIpc) is 2.75. The Morgan fingerprint density at radius 3 is 2.57 bits per heavy atom. The van der Waals surface area contributed by atoms with Crippen LogP contribution in [0.5, 0.6) is 0 Å². The molecule has 3 aromatic rings. The number of carbonyl (C=O) groups is 1. The third kappa shape index (κ3) is 4.30. The summed E-state index contributed by atoms with van der Waals surface area (Å²) in [7, 11) is 0. The molecule has 0 bridgehead atoms. The van der Waals surface area contributed by atoms with Gasteiger partial charge in [-0.1, -0.05) is 23.7 Å². The van der Waals surface area contributed by atoms with Crippen LogP contribution in [0.2, 0.25) is 5.02 Å². The molecule has 0 radical (unpaired) electrons. The molecule has 0 aliphatic carbocycles. The maximum Gasteiger partial charge on any atom is 0.274 e. The summed E-state index contributed by atoms with van der Waals surface area (Å²) < 4.78 is 5.38. The zero-order chi connectivity index (χ0) is 19.3. The molecular weight excluding hydrogens is 376 g/mol. The van der Waals surface area contributed by atoms with Gasteiger partial charge in [0.2, 0.25) is 0 Å². The van der Waals surface area contributed by atoms with Gasteiger partial charge in [0.25, 0.3) is 5.91 Å². The van der Waals surface area contributed by atoms with Crippen LogP contribution in [0.3, 0.4) is 0 Å². The number of anilines is 2. The molecule has 6 nitrogen and oxygen atoms in total. The molecule has 142 valence electrons. The van der Waals surface area contributed by atoms with E-state index in [4.69, 9.17) is 16.3 Å². The van der Waals surface area contributed by atoms with Crippen molar-refractivity contribution in [2.24, 2.45) is 0 Å². The van der Waals surface area contributed by atoms with Crippen molar-refractivity contribution in [3.63, 3.8) is 0 Å². The van der Waals surface area contributed by atoms with Gasteiger partial charge in [-0.15, -0.1) is 0 Å². The molecule has 1 saturated heterocycles. The number of nitrogens with zero attached hydrogens (tertiary/aromatic N) is 3. The molecule has 0 saturated carbocycles. The molecule has 1 N–H and O–H groups in total. The summed E-state index contributed by atoms with van der Waals surface area (Å²) in [4.78, 5) is 23.2. The zero-order valence-corrected chi connectivity index (χ0v) is 15.9. The van der Waals surface area contributed by atoms with Gasteiger partial charge in [-0.2, -0.15) is 0 Å². The summed E-state index contributed by atoms with van der Waals surface area (Å²) in [5, 5.41) is 3.49. The van der Waals surface area contributed by atoms with Crippen LogP contribution in [0.1, 0.15) is 10.5 Å². The molecule has 0 unspecified atom stereocenters. The van der Waals surface area contributed by atoms with Crippen LogP contribution in [0.15, 0.2) is 60.9 Å². The summed E-state index contributed by atoms with van der Waals surface area (Å²) in [5.41, 5.74) is 3.60. The minimum Gasteiger partial charge on any atom is -0.378 e. The van der Waals surface area contributed by atoms with E-state index in [1.807, 2.05) is 36.4 Å². The van der Waals surface area contributed by atoms with Crippen molar-refractivity contribution in [3.8, 4) is 11.3 Å². The first-order valence-electron chi connectivity index (χ1n) is 9.01. The predicted molar refractivity (Wildman–Crippen MR) is 110 cm³/mol. The van der Waals surface area contributed by atoms with Gasteiger partial charge < -0.3 is 15.0 Å². The Hall–Kier alpha value is -2.96. The molecule has 7 heteroatoms. The van der Waals surface area contributed by atoms with Gasteiger partial charge in [0.05, 0.1) is 18.9 Å². The Bertz CT molecular complexity index is 972. The Balaban J connectivity index is 1.47. The zero-order valence-electron chi connectivity index (χ0n) is 15.1. The van der Waals surface area contributed by atoms with Crippen molar-refractivity contribution >= 4 is 28.9 Å². The highest BCUT2D eigenvalue weighted by molar-refractivity contribution is 6.30. The standard InChI is InChI=1S/C21H19ClN4O2/c22-16-3-1-2-15(12-16)19-13-20(24-14-23-19)21(27)25-17-4-6-18(7-5-17)26-8-10-28-11-9-26/h1-7,12-14H,8-11H2,(H,25,27). The van der Waals surface area contributed by atoms with Crippen molar-refractivity contribution in [2.75, 3.05) is 36.5 Å². The number of amides is 1. The molecule has 1 aliphatic rings. The fourth-order valence-electron chi connectivity index (χ4n) is 3.06. The van der Waals surface area contributed by atoms with Crippen LogP contribution in [0, 0.1) is 0 Å². The molecule has 1 amide bonds. The lowest BCUT2D eigenvalue weighted by atomic mass is 10.1. The van der Waals surface area contributed by atoms with Crippen LogP contribution in [-0.2, 0) is 4.74 Å². The predicted octanol–water partition coefficient (Wildman–Crippen LogP) is 3.89. The van der Waals surface area contributed by atoms with E-state index in [1.54, 1.807) is 18.2 Å². The fourth-order valence-corrected chi connectivity index (χ4v) is 3.25. The second kappa shape index (κ2) is 8.37. The van der Waals surface area contributed by atoms with Crippen LogP contribution >= 0.6 is 11.6 Å². The molecule has 2 heterocycles. The van der Waals surface area contributed by atoms with E-state index in [0.29, 0.717) is 22.1 Å². The molecule has 2 aromatic carbocycles. The average molecular weight is 395 g/mol. The van der Waals surface area contributed by atoms with Crippen molar-refractivity contribution in [2.45, 2.75) is 0 Å². The van der Waals surface area contributed by atoms with Gasteiger partial charge in [-0.05, 0) is 42.5 Å². The molecule has 1 fully saturated rings. The van der Waals surface area contributed by atoms with Gasteiger partial charge >= 0.3 is 0 Å². The lowest BCUT2D eigenvalue weighted by Crippen LogP contribution is -2.36. The topological polar surface area (TPSA) is 67.4 Å². The molecule has 0 atom stereocenters. The summed E-state index contributed by atoms with van der Waals surface area (Å²) >= 11 is 6.04. The van der Waals surface area contributed by atoms with Gasteiger partial charge in [0.15, 0.2) is 0 Å². The van der Waals surface area contributed by atoms with Gasteiger partial charge in [-0.3, -0.25) is 4.79 Å². The number of carbonyl (C=O) groups excluding carboxylic acids is 1. The van der Waals surface area contributed by atoms with Crippen molar-refractivity contribution < 1.29 is 9.53 Å². The monoisotopic (exact) mass is 394 g/mol. The Morgan fingerprint density at radius 2 is 1.82 bits per heavy atom. The van der Waals surface area contributed by atoms with E-state index >= 15 is 0 Å². The van der Waals surface area contributed by atoms with E-state index in [9.17, 15) is 4.79 Å². The summed E-state index contributed by atoms with van der Waals surface area (Å²) in [6, 6.07) is 16.8. The van der Waals surface area contributed by atoms with Crippen LogP contribution < -0.4 is 10.2 Å². The minimum absolute atomic E-state index is 0.287. The number of hydrogen-bond acceptors (Lipinski definition) is 5. The lowest BCUT2D eigenvalue weighted by molar-refractivity contribution is 0.102. The first-order chi connectivity index (χ1) is 13.7. The number of aromatic nitrogens is 2. The lowest BCUT2D eigenvalue weighted by Gasteiger charge is -2.28. The SMILES string of the molecule is O=C(Nc1ccc(N2CCOCC2)cc1)c1cc(-c2cccc(Cl)c2)ncn1. The second-order valence-electron chi connectivity index (χ2n) is 6.40. The Morgan fingerprint density at radius 1 is 1.04 bits per heavy atom. The summed E-state index contributed by atoms with van der Waals surface area (Å²) in [5.74, 6) is -0.287. The molecule has 4 rings (SSSR count). The minimum atomic E-state index is -0.287. The highest BCUT2D eigenvalue weighted by Crippen LogP contribution is 2.22. The third-order valence-corrected chi connectivity index (χ3v) is 4.76. The van der Waals surface area contributed by atoms with Crippen molar-refractivity contribution in [3.05, 3.63) is 71.6 Å². The maximum absolute atomic E-state index is 12.6. The number of morpholine rings is 1.